The number of carbonyl (C=O) groups excluding carboxylic acids is 1. The summed E-state index contributed by atoms with van der Waals surface area (Å²) in [5.74, 6) is 0.837. The average Bonchev–Trinajstić information content (AvgIpc) is 3.23. The van der Waals surface area contributed by atoms with Crippen LogP contribution in [0.5, 0.6) is 0 Å². The Morgan fingerprint density at radius 1 is 1.16 bits per heavy atom. The maximum absolute atomic E-state index is 13.2. The van der Waals surface area contributed by atoms with E-state index in [1.807, 2.05) is 34.0 Å². The zero-order valence-electron chi connectivity index (χ0n) is 14.3. The van der Waals surface area contributed by atoms with Gasteiger partial charge in [-0.25, -0.2) is 4.98 Å². The largest absolute Gasteiger partial charge is 0.378 e. The number of piperidine rings is 1. The van der Waals surface area contributed by atoms with Crippen LogP contribution in [0.2, 0.25) is 0 Å². The summed E-state index contributed by atoms with van der Waals surface area (Å²) in [6.45, 7) is 4.37. The zero-order chi connectivity index (χ0) is 17.1. The third kappa shape index (κ3) is 3.37. The van der Waals surface area contributed by atoms with Crippen LogP contribution in [-0.4, -0.2) is 65.0 Å². The first kappa shape index (κ1) is 16.1. The summed E-state index contributed by atoms with van der Waals surface area (Å²) in [5.41, 5.74) is 0.686. The second-order valence-corrected chi connectivity index (χ2v) is 6.51. The van der Waals surface area contributed by atoms with E-state index in [9.17, 15) is 4.79 Å². The van der Waals surface area contributed by atoms with Gasteiger partial charge in [0.1, 0.15) is 5.82 Å². The Morgan fingerprint density at radius 2 is 2.04 bits per heavy atom. The molecule has 0 bridgehead atoms. The Morgan fingerprint density at radius 3 is 2.84 bits per heavy atom. The number of ether oxygens (including phenoxy) is 1. The molecule has 4 rings (SSSR count). The lowest BCUT2D eigenvalue weighted by Crippen LogP contribution is -2.42. The number of hydrogen-bond acceptors (Lipinski definition) is 5. The van der Waals surface area contributed by atoms with Gasteiger partial charge < -0.3 is 14.5 Å². The Kier molecular flexibility index (Phi) is 4.65. The van der Waals surface area contributed by atoms with Gasteiger partial charge >= 0.3 is 0 Å². The van der Waals surface area contributed by atoms with Crippen molar-refractivity contribution in [2.45, 2.75) is 18.9 Å². The van der Waals surface area contributed by atoms with Gasteiger partial charge in [0.15, 0.2) is 0 Å². The van der Waals surface area contributed by atoms with Crippen LogP contribution >= 0.6 is 0 Å². The van der Waals surface area contributed by atoms with Crippen LogP contribution in [0.15, 0.2) is 36.8 Å². The van der Waals surface area contributed by atoms with Gasteiger partial charge in [-0.2, -0.15) is 5.10 Å². The third-order valence-electron chi connectivity index (χ3n) is 4.91. The molecule has 25 heavy (non-hydrogen) atoms. The molecule has 2 aliphatic rings. The molecule has 0 N–H and O–H groups in total. The van der Waals surface area contributed by atoms with Crippen molar-refractivity contribution in [1.82, 2.24) is 19.7 Å². The summed E-state index contributed by atoms with van der Waals surface area (Å²) < 4.78 is 7.38. The fourth-order valence-electron chi connectivity index (χ4n) is 3.61. The fraction of sp³-hybridized carbons (Fsp3) is 0.500. The van der Waals surface area contributed by atoms with Crippen LogP contribution in [-0.2, 0) is 4.74 Å². The first-order chi connectivity index (χ1) is 12.3. The third-order valence-corrected chi connectivity index (χ3v) is 4.91. The van der Waals surface area contributed by atoms with Crippen LogP contribution in [0, 0.1) is 0 Å². The minimum atomic E-state index is 0.0615. The number of morpholine rings is 1. The smallest absolute Gasteiger partial charge is 0.257 e. The van der Waals surface area contributed by atoms with Gasteiger partial charge in [-0.05, 0) is 31.0 Å². The van der Waals surface area contributed by atoms with Gasteiger partial charge in [-0.1, -0.05) is 0 Å². The first-order valence-electron chi connectivity index (χ1n) is 8.89. The Balaban J connectivity index is 1.54. The molecular weight excluding hydrogens is 318 g/mol. The number of hydrogen-bond donors (Lipinski definition) is 0. The average molecular weight is 341 g/mol. The topological polar surface area (TPSA) is 63.5 Å². The Labute approximate surface area is 147 Å². The lowest BCUT2D eigenvalue weighted by molar-refractivity contribution is 0.0672. The molecule has 1 atom stereocenters. The van der Waals surface area contributed by atoms with Crippen molar-refractivity contribution >= 4 is 11.7 Å². The van der Waals surface area contributed by atoms with Gasteiger partial charge in [0.25, 0.3) is 5.91 Å². The number of nitrogens with zero attached hydrogens (tertiary/aromatic N) is 5. The first-order valence-corrected chi connectivity index (χ1v) is 8.89. The SMILES string of the molecule is O=C(c1cccnc1N1CCOCC1)N1CCC[C@@H](n2cccn2)C1. The monoisotopic (exact) mass is 341 g/mol. The summed E-state index contributed by atoms with van der Waals surface area (Å²) in [6.07, 6.45) is 7.56. The lowest BCUT2D eigenvalue weighted by Gasteiger charge is -2.34. The summed E-state index contributed by atoms with van der Waals surface area (Å²) in [7, 11) is 0. The van der Waals surface area contributed by atoms with Crippen molar-refractivity contribution < 1.29 is 9.53 Å². The molecule has 1 amide bonds. The van der Waals surface area contributed by atoms with Crippen molar-refractivity contribution in [3.05, 3.63) is 42.4 Å². The molecule has 2 fully saturated rings. The van der Waals surface area contributed by atoms with Crippen LogP contribution < -0.4 is 4.90 Å². The van der Waals surface area contributed by atoms with E-state index in [0.717, 1.165) is 38.3 Å². The Bertz CT molecular complexity index is 712. The number of aromatic nitrogens is 3. The predicted molar refractivity (Wildman–Crippen MR) is 93.7 cm³/mol. The van der Waals surface area contributed by atoms with Gasteiger partial charge in [0, 0.05) is 44.8 Å². The van der Waals surface area contributed by atoms with Crippen molar-refractivity contribution in [1.29, 1.82) is 0 Å². The highest BCUT2D eigenvalue weighted by atomic mass is 16.5. The van der Waals surface area contributed by atoms with E-state index >= 15 is 0 Å². The normalized spacial score (nSPS) is 21.4. The summed E-state index contributed by atoms with van der Waals surface area (Å²) in [6, 6.07) is 5.90. The maximum Gasteiger partial charge on any atom is 0.257 e. The molecule has 0 saturated carbocycles. The second-order valence-electron chi connectivity index (χ2n) is 6.51. The minimum Gasteiger partial charge on any atom is -0.378 e. The van der Waals surface area contributed by atoms with Crippen molar-refractivity contribution in [2.75, 3.05) is 44.3 Å². The molecule has 0 radical (unpaired) electrons. The van der Waals surface area contributed by atoms with E-state index in [2.05, 4.69) is 15.0 Å². The fourth-order valence-corrected chi connectivity index (χ4v) is 3.61. The number of anilines is 1. The highest BCUT2D eigenvalue weighted by Gasteiger charge is 2.28. The molecular formula is C18H23N5O2. The highest BCUT2D eigenvalue weighted by molar-refractivity contribution is 5.99. The van der Waals surface area contributed by atoms with E-state index in [1.165, 1.54) is 0 Å². The van der Waals surface area contributed by atoms with Crippen LogP contribution in [0.3, 0.4) is 0 Å². The number of pyridine rings is 1. The maximum atomic E-state index is 13.2. The second kappa shape index (κ2) is 7.23. The standard InChI is InChI=1S/C18H23N5O2/c24-18(22-8-2-4-15(14-22)23-9-3-7-20-23)16-5-1-6-19-17(16)21-10-12-25-13-11-21/h1,3,5-7,9,15H,2,4,8,10-14H2/t15-/m1/s1. The summed E-state index contributed by atoms with van der Waals surface area (Å²) in [5, 5.41) is 4.34. The van der Waals surface area contributed by atoms with E-state index < -0.39 is 0 Å². The molecule has 2 aromatic heterocycles. The molecule has 0 aromatic carbocycles. The molecule has 2 aliphatic heterocycles. The molecule has 0 aliphatic carbocycles. The quantitative estimate of drug-likeness (QED) is 0.848. The van der Waals surface area contributed by atoms with Gasteiger partial charge in [0.2, 0.25) is 0 Å². The van der Waals surface area contributed by atoms with Crippen molar-refractivity contribution in [3.63, 3.8) is 0 Å². The number of likely N-dealkylation sites (tertiary alicyclic amines) is 1. The number of amides is 1. The van der Waals surface area contributed by atoms with E-state index in [-0.39, 0.29) is 11.9 Å². The van der Waals surface area contributed by atoms with Crippen molar-refractivity contribution in [2.24, 2.45) is 0 Å². The predicted octanol–water partition coefficient (Wildman–Crippen LogP) is 1.59. The van der Waals surface area contributed by atoms with Gasteiger partial charge in [-0.3, -0.25) is 9.48 Å². The highest BCUT2D eigenvalue weighted by Crippen LogP contribution is 2.25. The lowest BCUT2D eigenvalue weighted by atomic mass is 10.0. The number of rotatable bonds is 3. The molecule has 0 unspecified atom stereocenters. The molecule has 0 spiro atoms. The van der Waals surface area contributed by atoms with Gasteiger partial charge in [0.05, 0.1) is 24.8 Å². The molecule has 2 aromatic rings. The Hall–Kier alpha value is -2.41. The van der Waals surface area contributed by atoms with Crippen LogP contribution in [0.25, 0.3) is 0 Å². The van der Waals surface area contributed by atoms with E-state index in [0.29, 0.717) is 25.3 Å². The van der Waals surface area contributed by atoms with Gasteiger partial charge in [-0.15, -0.1) is 0 Å². The summed E-state index contributed by atoms with van der Waals surface area (Å²) >= 11 is 0. The number of carbonyl (C=O) groups is 1. The molecule has 4 heterocycles. The minimum absolute atomic E-state index is 0.0615. The van der Waals surface area contributed by atoms with Crippen LogP contribution in [0.4, 0.5) is 5.82 Å². The van der Waals surface area contributed by atoms with E-state index in [4.69, 9.17) is 4.74 Å². The van der Waals surface area contributed by atoms with E-state index in [1.54, 1.807) is 12.4 Å². The zero-order valence-corrected chi connectivity index (χ0v) is 14.3. The molecule has 2 saturated heterocycles. The molecule has 132 valence electrons. The van der Waals surface area contributed by atoms with Crippen molar-refractivity contribution in [3.8, 4) is 0 Å². The van der Waals surface area contributed by atoms with Crippen LogP contribution in [0.1, 0.15) is 29.2 Å². The molecule has 7 nitrogen and oxygen atoms in total. The summed E-state index contributed by atoms with van der Waals surface area (Å²) in [4.78, 5) is 21.8. The molecule has 7 heteroatoms.